The quantitative estimate of drug-likeness (QED) is 0.740. The van der Waals surface area contributed by atoms with Crippen LogP contribution in [0.4, 0.5) is 4.79 Å². The minimum atomic E-state index is -0.585. The Morgan fingerprint density at radius 1 is 1.10 bits per heavy atom. The summed E-state index contributed by atoms with van der Waals surface area (Å²) in [7, 11) is 3.11. The highest BCUT2D eigenvalue weighted by atomic mass is 16.5. The van der Waals surface area contributed by atoms with Crippen LogP contribution >= 0.6 is 0 Å². The van der Waals surface area contributed by atoms with Crippen LogP contribution in [-0.2, 0) is 11.2 Å². The normalized spacial score (nSPS) is 17.9. The summed E-state index contributed by atoms with van der Waals surface area (Å²) in [6.45, 7) is 0.103. The average molecular weight is 394 g/mol. The number of aromatic nitrogens is 2. The van der Waals surface area contributed by atoms with Gasteiger partial charge in [-0.25, -0.2) is 4.79 Å². The van der Waals surface area contributed by atoms with Gasteiger partial charge in [0.1, 0.15) is 11.5 Å². The Kier molecular flexibility index (Phi) is 4.94. The highest BCUT2D eigenvalue weighted by molar-refractivity contribution is 6.21. The zero-order chi connectivity index (χ0) is 20.4. The number of aliphatic imine (C=N–C) groups is 1. The van der Waals surface area contributed by atoms with Gasteiger partial charge in [-0.2, -0.15) is 9.98 Å². The van der Waals surface area contributed by atoms with Crippen LogP contribution in [0.1, 0.15) is 5.89 Å². The molecule has 9 heteroatoms. The first kappa shape index (κ1) is 18.6. The molecule has 9 nitrogen and oxygen atoms in total. The van der Waals surface area contributed by atoms with E-state index in [1.54, 1.807) is 56.7 Å². The van der Waals surface area contributed by atoms with Crippen LogP contribution in [0.3, 0.4) is 0 Å². The maximum absolute atomic E-state index is 12.6. The maximum atomic E-state index is 12.6. The topological polar surface area (TPSA) is 107 Å². The van der Waals surface area contributed by atoms with Gasteiger partial charge in [0.15, 0.2) is 0 Å². The number of urea groups is 1. The van der Waals surface area contributed by atoms with Crippen LogP contribution in [0.2, 0.25) is 0 Å². The number of carbonyl (C=O) groups excluding carboxylic acids is 2. The van der Waals surface area contributed by atoms with E-state index in [1.165, 1.54) is 0 Å². The monoisotopic (exact) mass is 394 g/mol. The molecule has 0 saturated heterocycles. The van der Waals surface area contributed by atoms with E-state index in [-0.39, 0.29) is 18.9 Å². The van der Waals surface area contributed by atoms with Crippen LogP contribution in [0.5, 0.6) is 11.5 Å². The van der Waals surface area contributed by atoms with Crippen LogP contribution in [0.15, 0.2) is 52.0 Å². The fourth-order valence-electron chi connectivity index (χ4n) is 3.10. The van der Waals surface area contributed by atoms with Gasteiger partial charge < -0.3 is 14.0 Å². The second kappa shape index (κ2) is 7.70. The Morgan fingerprint density at radius 2 is 1.86 bits per heavy atom. The summed E-state index contributed by atoms with van der Waals surface area (Å²) in [5.74, 6) is 1.01. The molecule has 1 aromatic heterocycles. The van der Waals surface area contributed by atoms with Crippen molar-refractivity contribution in [3.8, 4) is 22.9 Å². The number of nitrogens with zero attached hydrogens (tertiary/aromatic N) is 4. The lowest BCUT2D eigenvalue weighted by atomic mass is 9.95. The summed E-state index contributed by atoms with van der Waals surface area (Å²) in [5.41, 5.74) is 1.13. The van der Waals surface area contributed by atoms with E-state index in [4.69, 9.17) is 14.0 Å². The minimum absolute atomic E-state index is 0.103. The smallest absolute Gasteiger partial charge is 0.350 e. The molecule has 1 aromatic carbocycles. The molecule has 0 fully saturated rings. The van der Waals surface area contributed by atoms with Gasteiger partial charge in [-0.05, 0) is 18.2 Å². The van der Waals surface area contributed by atoms with Crippen LogP contribution in [-0.4, -0.2) is 53.5 Å². The Bertz CT molecular complexity index is 1030. The lowest BCUT2D eigenvalue weighted by Gasteiger charge is -2.27. The fourth-order valence-corrected chi connectivity index (χ4v) is 3.10. The molecule has 0 saturated carbocycles. The average Bonchev–Trinajstić information content (AvgIpc) is 3.22. The van der Waals surface area contributed by atoms with E-state index in [0.717, 1.165) is 4.90 Å². The maximum Gasteiger partial charge on any atom is 0.350 e. The molecule has 0 bridgehead atoms. The largest absolute Gasteiger partial charge is 0.497 e. The Balaban J connectivity index is 1.48. The number of rotatable bonds is 6. The lowest BCUT2D eigenvalue weighted by molar-refractivity contribution is -0.129. The number of imide groups is 1. The van der Waals surface area contributed by atoms with Crippen molar-refractivity contribution >= 4 is 17.6 Å². The molecule has 2 aliphatic rings. The van der Waals surface area contributed by atoms with Crippen molar-refractivity contribution in [2.24, 2.45) is 10.9 Å². The lowest BCUT2D eigenvalue weighted by Crippen LogP contribution is -2.46. The zero-order valence-electron chi connectivity index (χ0n) is 15.9. The van der Waals surface area contributed by atoms with Gasteiger partial charge in [0.05, 0.1) is 25.8 Å². The van der Waals surface area contributed by atoms with Crippen molar-refractivity contribution in [3.63, 3.8) is 0 Å². The highest BCUT2D eigenvalue weighted by Crippen LogP contribution is 2.28. The molecule has 4 rings (SSSR count). The number of hydrogen-bond donors (Lipinski definition) is 0. The van der Waals surface area contributed by atoms with E-state index in [0.29, 0.717) is 34.5 Å². The first-order valence-electron chi connectivity index (χ1n) is 8.94. The van der Waals surface area contributed by atoms with Crippen LogP contribution in [0.25, 0.3) is 11.4 Å². The van der Waals surface area contributed by atoms with Crippen molar-refractivity contribution in [2.75, 3.05) is 20.8 Å². The van der Waals surface area contributed by atoms with Crippen molar-refractivity contribution in [3.05, 3.63) is 48.4 Å². The number of fused-ring (bicyclic) bond motifs is 1. The van der Waals surface area contributed by atoms with Crippen molar-refractivity contribution < 1.29 is 23.6 Å². The summed E-state index contributed by atoms with van der Waals surface area (Å²) >= 11 is 0. The van der Waals surface area contributed by atoms with Gasteiger partial charge in [0, 0.05) is 24.6 Å². The third-order valence-corrected chi connectivity index (χ3v) is 4.62. The number of allylic oxidation sites excluding steroid dienone is 3. The molecule has 0 spiro atoms. The third-order valence-electron chi connectivity index (χ3n) is 4.62. The van der Waals surface area contributed by atoms with E-state index >= 15 is 0 Å². The molecular formula is C20H18N4O5. The standard InChI is InChI=1S/C20H18N4O5/c1-27-13-9-12(10-14(11-13)28-2)18-22-17(29-23-18)7-8-24-19(25)15-5-3-4-6-16(15)21-20(24)26/h3-6,9-11,15H,7-8H2,1-2H3. The van der Waals surface area contributed by atoms with E-state index in [9.17, 15) is 9.59 Å². The first-order chi connectivity index (χ1) is 14.1. The summed E-state index contributed by atoms with van der Waals surface area (Å²) in [5, 5.41) is 3.97. The molecule has 1 aliphatic carbocycles. The molecule has 0 radical (unpaired) electrons. The molecule has 1 aliphatic heterocycles. The number of ether oxygens (including phenoxy) is 2. The van der Waals surface area contributed by atoms with Crippen molar-refractivity contribution in [1.82, 2.24) is 15.0 Å². The first-order valence-corrected chi connectivity index (χ1v) is 8.94. The van der Waals surface area contributed by atoms with E-state index < -0.39 is 11.9 Å². The number of methoxy groups -OCH3 is 2. The van der Waals surface area contributed by atoms with Crippen molar-refractivity contribution in [1.29, 1.82) is 0 Å². The summed E-state index contributed by atoms with van der Waals surface area (Å²) in [6.07, 6.45) is 7.14. The van der Waals surface area contributed by atoms with E-state index in [1.807, 2.05) is 0 Å². The molecule has 2 heterocycles. The SMILES string of the molecule is COc1cc(OC)cc(-c2noc(CCN3C(=O)N=C4C=CC=CC4C3=O)n2)c1. The van der Waals surface area contributed by atoms with Gasteiger partial charge in [0.2, 0.25) is 17.6 Å². The van der Waals surface area contributed by atoms with Crippen molar-refractivity contribution in [2.45, 2.75) is 6.42 Å². The molecule has 148 valence electrons. The Hall–Kier alpha value is -3.75. The van der Waals surface area contributed by atoms with Gasteiger partial charge in [-0.15, -0.1) is 0 Å². The molecule has 2 aromatic rings. The Morgan fingerprint density at radius 3 is 2.59 bits per heavy atom. The highest BCUT2D eigenvalue weighted by Gasteiger charge is 2.35. The number of carbonyl (C=O) groups is 2. The predicted molar refractivity (Wildman–Crippen MR) is 103 cm³/mol. The van der Waals surface area contributed by atoms with Crippen LogP contribution < -0.4 is 9.47 Å². The second-order valence-electron chi connectivity index (χ2n) is 6.39. The van der Waals surface area contributed by atoms with Gasteiger partial charge in [0.25, 0.3) is 0 Å². The molecule has 3 amide bonds. The molecule has 1 unspecified atom stereocenters. The molecular weight excluding hydrogens is 376 g/mol. The second-order valence-corrected chi connectivity index (χ2v) is 6.39. The number of benzene rings is 1. The number of hydrogen-bond acceptors (Lipinski definition) is 7. The third kappa shape index (κ3) is 3.66. The fraction of sp³-hybridized carbons (Fsp3) is 0.250. The molecule has 1 atom stereocenters. The van der Waals surface area contributed by atoms with Gasteiger partial charge in [-0.3, -0.25) is 9.69 Å². The molecule has 29 heavy (non-hydrogen) atoms. The minimum Gasteiger partial charge on any atom is -0.497 e. The summed E-state index contributed by atoms with van der Waals surface area (Å²) < 4.78 is 15.8. The summed E-state index contributed by atoms with van der Waals surface area (Å²) in [4.78, 5) is 34.3. The van der Waals surface area contributed by atoms with Crippen LogP contribution in [0, 0.1) is 5.92 Å². The van der Waals surface area contributed by atoms with E-state index in [2.05, 4.69) is 15.1 Å². The van der Waals surface area contributed by atoms with Gasteiger partial charge >= 0.3 is 6.03 Å². The zero-order valence-corrected chi connectivity index (χ0v) is 15.9. The number of amides is 3. The Labute approximate surface area is 166 Å². The summed E-state index contributed by atoms with van der Waals surface area (Å²) in [6, 6.07) is 4.67. The van der Waals surface area contributed by atoms with Gasteiger partial charge in [-0.1, -0.05) is 23.4 Å². The predicted octanol–water partition coefficient (Wildman–Crippen LogP) is 2.44. The molecule has 0 N–H and O–H groups in total.